The smallest absolute Gasteiger partial charge is 0.271 e. The van der Waals surface area contributed by atoms with E-state index in [1.807, 2.05) is 42.5 Å². The van der Waals surface area contributed by atoms with Gasteiger partial charge in [0.2, 0.25) is 0 Å². The Hall–Kier alpha value is -3.32. The number of nitrogens with one attached hydrogen (secondary N) is 1. The molecule has 3 aromatic rings. The van der Waals surface area contributed by atoms with Crippen molar-refractivity contribution in [3.8, 4) is 16.9 Å². The summed E-state index contributed by atoms with van der Waals surface area (Å²) in [6.45, 7) is 0. The fourth-order valence-electron chi connectivity index (χ4n) is 2.23. The number of hydrazone groups is 1. The van der Waals surface area contributed by atoms with E-state index in [9.17, 15) is 4.79 Å². The van der Waals surface area contributed by atoms with Crippen LogP contribution in [0.3, 0.4) is 0 Å². The highest BCUT2D eigenvalue weighted by atomic mass is 32.1. The summed E-state index contributed by atoms with van der Waals surface area (Å²) in [5, 5.41) is 8.44. The highest BCUT2D eigenvalue weighted by molar-refractivity contribution is 7.80. The van der Waals surface area contributed by atoms with Gasteiger partial charge in [-0.1, -0.05) is 42.5 Å². The summed E-state index contributed by atoms with van der Waals surface area (Å²) in [5.41, 5.74) is 10.8. The van der Waals surface area contributed by atoms with Crippen LogP contribution in [0.25, 0.3) is 16.9 Å². The lowest BCUT2D eigenvalue weighted by molar-refractivity contribution is 0.812. The first kappa shape index (κ1) is 16.5. The monoisotopic (exact) mass is 349 g/mol. The lowest BCUT2D eigenvalue weighted by Crippen LogP contribution is -2.24. The number of rotatable bonds is 4. The van der Waals surface area contributed by atoms with Gasteiger partial charge in [-0.2, -0.15) is 14.9 Å². The molecule has 124 valence electrons. The molecule has 3 rings (SSSR count). The van der Waals surface area contributed by atoms with Crippen LogP contribution in [0, 0.1) is 0 Å². The van der Waals surface area contributed by atoms with Crippen molar-refractivity contribution in [2.24, 2.45) is 10.8 Å². The molecule has 1 heterocycles. The fourth-order valence-corrected chi connectivity index (χ4v) is 2.28. The van der Waals surface area contributed by atoms with Crippen molar-refractivity contribution >= 4 is 23.5 Å². The maximum atomic E-state index is 12.2. The van der Waals surface area contributed by atoms with Crippen molar-refractivity contribution in [3.05, 3.63) is 82.6 Å². The maximum absolute atomic E-state index is 12.2. The minimum absolute atomic E-state index is 0.0985. The van der Waals surface area contributed by atoms with Crippen LogP contribution >= 0.6 is 12.2 Å². The molecule has 0 radical (unpaired) electrons. The molecule has 2 aromatic carbocycles. The number of hydrogen-bond acceptors (Lipinski definition) is 4. The third-order valence-corrected chi connectivity index (χ3v) is 3.49. The Kier molecular flexibility index (Phi) is 4.96. The molecule has 3 N–H and O–H groups in total. The van der Waals surface area contributed by atoms with Crippen LogP contribution in [-0.2, 0) is 0 Å². The molecular formula is C18H15N5OS. The van der Waals surface area contributed by atoms with Gasteiger partial charge in [-0.3, -0.25) is 10.2 Å². The van der Waals surface area contributed by atoms with E-state index in [4.69, 9.17) is 5.73 Å². The zero-order valence-corrected chi connectivity index (χ0v) is 14.0. The molecule has 0 unspecified atom stereocenters. The first-order valence-corrected chi connectivity index (χ1v) is 7.89. The van der Waals surface area contributed by atoms with Gasteiger partial charge in [-0.25, -0.2) is 0 Å². The number of benzene rings is 2. The summed E-state index contributed by atoms with van der Waals surface area (Å²) in [4.78, 5) is 12.2. The van der Waals surface area contributed by atoms with Gasteiger partial charge in [-0.05, 0) is 36.0 Å². The summed E-state index contributed by atoms with van der Waals surface area (Å²) >= 11 is 4.67. The van der Waals surface area contributed by atoms with Crippen molar-refractivity contribution in [3.63, 3.8) is 0 Å². The molecule has 0 atom stereocenters. The van der Waals surface area contributed by atoms with Crippen molar-refractivity contribution in [1.82, 2.24) is 15.2 Å². The minimum Gasteiger partial charge on any atom is -0.375 e. The summed E-state index contributed by atoms with van der Waals surface area (Å²) in [5.74, 6) is 0. The molecule has 1 aromatic heterocycles. The highest BCUT2D eigenvalue weighted by Gasteiger charge is 2.05. The van der Waals surface area contributed by atoms with E-state index in [1.54, 1.807) is 24.4 Å². The molecule has 25 heavy (non-hydrogen) atoms. The second-order valence-corrected chi connectivity index (χ2v) is 5.60. The standard InChI is InChI=1S/C18H15N5OS/c19-18(25)21-20-12-13-6-8-15(9-7-13)23-17(24)11-10-16(22-23)14-4-2-1-3-5-14/h1-12H,(H3,19,21,25)/b20-12-. The van der Waals surface area contributed by atoms with Crippen LogP contribution in [0.4, 0.5) is 0 Å². The van der Waals surface area contributed by atoms with Crippen molar-refractivity contribution in [2.45, 2.75) is 0 Å². The van der Waals surface area contributed by atoms with E-state index in [-0.39, 0.29) is 10.7 Å². The number of thiocarbonyl (C=S) groups is 1. The third kappa shape index (κ3) is 4.15. The molecule has 0 spiro atoms. The van der Waals surface area contributed by atoms with Gasteiger partial charge >= 0.3 is 0 Å². The number of nitrogens with zero attached hydrogens (tertiary/aromatic N) is 3. The number of nitrogens with two attached hydrogens (primary N) is 1. The van der Waals surface area contributed by atoms with Crippen molar-refractivity contribution in [1.29, 1.82) is 0 Å². The van der Waals surface area contributed by atoms with E-state index in [0.717, 1.165) is 16.8 Å². The van der Waals surface area contributed by atoms with Crippen LogP contribution in [0.5, 0.6) is 0 Å². The Morgan fingerprint density at radius 3 is 2.48 bits per heavy atom. The predicted molar refractivity (Wildman–Crippen MR) is 103 cm³/mol. The minimum atomic E-state index is -0.198. The molecule has 0 fully saturated rings. The second-order valence-electron chi connectivity index (χ2n) is 5.16. The predicted octanol–water partition coefficient (Wildman–Crippen LogP) is 2.07. The van der Waals surface area contributed by atoms with E-state index < -0.39 is 0 Å². The molecule has 0 aliphatic carbocycles. The third-order valence-electron chi connectivity index (χ3n) is 3.40. The molecule has 0 aliphatic heterocycles. The SMILES string of the molecule is NC(=S)N/N=C\c1ccc(-n2nc(-c3ccccc3)ccc2=O)cc1. The zero-order chi connectivity index (χ0) is 17.6. The molecule has 0 amide bonds. The molecule has 7 heteroatoms. The van der Waals surface area contributed by atoms with E-state index in [0.29, 0.717) is 5.69 Å². The average Bonchev–Trinajstić information content (AvgIpc) is 2.63. The van der Waals surface area contributed by atoms with E-state index >= 15 is 0 Å². The molecular weight excluding hydrogens is 334 g/mol. The lowest BCUT2D eigenvalue weighted by atomic mass is 10.1. The summed E-state index contributed by atoms with van der Waals surface area (Å²) in [7, 11) is 0. The Balaban J connectivity index is 1.90. The number of aromatic nitrogens is 2. The van der Waals surface area contributed by atoms with Crippen molar-refractivity contribution < 1.29 is 0 Å². The summed E-state index contributed by atoms with van der Waals surface area (Å²) in [6.07, 6.45) is 1.58. The van der Waals surface area contributed by atoms with Crippen LogP contribution in [-0.4, -0.2) is 21.1 Å². The average molecular weight is 349 g/mol. The molecule has 0 saturated carbocycles. The molecule has 6 nitrogen and oxygen atoms in total. The first-order valence-electron chi connectivity index (χ1n) is 7.48. The van der Waals surface area contributed by atoms with Gasteiger partial charge in [0.1, 0.15) is 0 Å². The van der Waals surface area contributed by atoms with Crippen molar-refractivity contribution in [2.75, 3.05) is 0 Å². The lowest BCUT2D eigenvalue weighted by Gasteiger charge is -2.07. The topological polar surface area (TPSA) is 85.3 Å². The van der Waals surface area contributed by atoms with Crippen LogP contribution < -0.4 is 16.7 Å². The summed E-state index contributed by atoms with van der Waals surface area (Å²) in [6, 6.07) is 20.2. The van der Waals surface area contributed by atoms with Crippen LogP contribution in [0.15, 0.2) is 76.6 Å². The normalized spacial score (nSPS) is 10.7. The van der Waals surface area contributed by atoms with Gasteiger partial charge in [-0.15, -0.1) is 0 Å². The Morgan fingerprint density at radius 1 is 1.08 bits per heavy atom. The molecule has 0 aliphatic rings. The maximum Gasteiger partial charge on any atom is 0.271 e. The summed E-state index contributed by atoms with van der Waals surface area (Å²) < 4.78 is 1.37. The van der Waals surface area contributed by atoms with Crippen LogP contribution in [0.2, 0.25) is 0 Å². The van der Waals surface area contributed by atoms with Gasteiger partial charge < -0.3 is 5.73 Å². The Labute approximate surface area is 149 Å². The zero-order valence-electron chi connectivity index (χ0n) is 13.2. The van der Waals surface area contributed by atoms with E-state index in [1.165, 1.54) is 10.7 Å². The Morgan fingerprint density at radius 2 is 1.80 bits per heavy atom. The van der Waals surface area contributed by atoms with Gasteiger partial charge in [0.05, 0.1) is 17.6 Å². The number of hydrogen-bond donors (Lipinski definition) is 2. The quantitative estimate of drug-likeness (QED) is 0.428. The van der Waals surface area contributed by atoms with Gasteiger partial charge in [0.15, 0.2) is 5.11 Å². The van der Waals surface area contributed by atoms with Gasteiger partial charge in [0.25, 0.3) is 5.56 Å². The molecule has 0 bridgehead atoms. The Bertz CT molecular complexity index is 965. The second kappa shape index (κ2) is 7.50. The fraction of sp³-hybridized carbons (Fsp3) is 0. The van der Waals surface area contributed by atoms with Crippen LogP contribution in [0.1, 0.15) is 5.56 Å². The molecule has 0 saturated heterocycles. The largest absolute Gasteiger partial charge is 0.375 e. The van der Waals surface area contributed by atoms with E-state index in [2.05, 4.69) is 27.8 Å². The first-order chi connectivity index (χ1) is 12.1. The van der Waals surface area contributed by atoms with Gasteiger partial charge in [0, 0.05) is 11.6 Å². The highest BCUT2D eigenvalue weighted by Crippen LogP contribution is 2.15.